The van der Waals surface area contributed by atoms with Gasteiger partial charge in [-0.25, -0.2) is 0 Å². The minimum absolute atomic E-state index is 0.114. The molecule has 0 saturated carbocycles. The number of benzene rings is 3. The summed E-state index contributed by atoms with van der Waals surface area (Å²) >= 11 is 7.73. The molecule has 0 amide bonds. The smallest absolute Gasteiger partial charge is 0.219 e. The van der Waals surface area contributed by atoms with Gasteiger partial charge >= 0.3 is 0 Å². The molecule has 2 aliphatic rings. The van der Waals surface area contributed by atoms with E-state index >= 15 is 0 Å². The van der Waals surface area contributed by atoms with Gasteiger partial charge < -0.3 is 0 Å². The Kier molecular flexibility index (Phi) is 4.93. The average molecular weight is 471 g/mol. The molecule has 162 valence electrons. The number of anilines is 2. The topological polar surface area (TPSA) is 57.0 Å². The molecule has 33 heavy (non-hydrogen) atoms. The molecule has 3 heterocycles. The van der Waals surface area contributed by atoms with Gasteiger partial charge in [-0.1, -0.05) is 83.6 Å². The monoisotopic (exact) mass is 470 g/mol. The Morgan fingerprint density at radius 1 is 0.848 bits per heavy atom. The van der Waals surface area contributed by atoms with Gasteiger partial charge in [0, 0.05) is 10.6 Å². The third kappa shape index (κ3) is 3.50. The average Bonchev–Trinajstić information content (AvgIpc) is 3.54. The molecule has 1 aromatic heterocycles. The highest BCUT2D eigenvalue weighted by molar-refractivity contribution is 7.15. The lowest BCUT2D eigenvalue weighted by Crippen LogP contribution is -2.35. The van der Waals surface area contributed by atoms with Gasteiger partial charge in [0.2, 0.25) is 5.13 Å². The standard InChI is InChI=1S/C25H19ClN6S/c1-16-28-29-25(33-16)31-23(18-8-4-2-5-9-18)27-21-22(17-12-14-19(26)15-13-17)32(30-24(21)31)20-10-6-3-7-11-20/h2-15,21-22H,1H3/t21-,22+/m1/s1. The second kappa shape index (κ2) is 8.10. The van der Waals surface area contributed by atoms with E-state index in [1.54, 1.807) is 0 Å². The van der Waals surface area contributed by atoms with Crippen LogP contribution in [0, 0.1) is 6.92 Å². The van der Waals surface area contributed by atoms with Gasteiger partial charge in [0.15, 0.2) is 5.84 Å². The Morgan fingerprint density at radius 2 is 1.55 bits per heavy atom. The third-order valence-electron chi connectivity index (χ3n) is 5.71. The zero-order valence-electron chi connectivity index (χ0n) is 17.7. The van der Waals surface area contributed by atoms with E-state index < -0.39 is 0 Å². The molecule has 8 heteroatoms. The summed E-state index contributed by atoms with van der Waals surface area (Å²) in [5.74, 6) is 1.68. The maximum atomic E-state index is 6.20. The van der Waals surface area contributed by atoms with Gasteiger partial charge in [-0.3, -0.25) is 14.9 Å². The lowest BCUT2D eigenvalue weighted by atomic mass is 9.99. The first-order valence-electron chi connectivity index (χ1n) is 10.6. The first kappa shape index (κ1) is 20.1. The molecule has 3 aromatic carbocycles. The van der Waals surface area contributed by atoms with Crippen LogP contribution in [0.3, 0.4) is 0 Å². The highest BCUT2D eigenvalue weighted by Crippen LogP contribution is 2.42. The van der Waals surface area contributed by atoms with E-state index in [0.29, 0.717) is 5.02 Å². The van der Waals surface area contributed by atoms with Crippen LogP contribution in [0.4, 0.5) is 10.8 Å². The van der Waals surface area contributed by atoms with Crippen LogP contribution in [-0.2, 0) is 0 Å². The zero-order valence-corrected chi connectivity index (χ0v) is 19.3. The number of rotatable bonds is 4. The number of nitrogens with zero attached hydrogens (tertiary/aromatic N) is 6. The minimum Gasteiger partial charge on any atom is -0.254 e. The van der Waals surface area contributed by atoms with Crippen LogP contribution in [-0.4, -0.2) is 27.9 Å². The van der Waals surface area contributed by atoms with Gasteiger partial charge in [0.1, 0.15) is 22.9 Å². The van der Waals surface area contributed by atoms with Gasteiger partial charge in [0.05, 0.1) is 5.69 Å². The Labute approximate surface area is 200 Å². The number of hydrogen-bond donors (Lipinski definition) is 0. The molecule has 0 radical (unpaired) electrons. The maximum Gasteiger partial charge on any atom is 0.219 e. The number of para-hydroxylation sites is 1. The first-order chi connectivity index (χ1) is 16.2. The van der Waals surface area contributed by atoms with Gasteiger partial charge in [-0.2, -0.15) is 5.10 Å². The van der Waals surface area contributed by atoms with E-state index in [0.717, 1.165) is 38.6 Å². The summed E-state index contributed by atoms with van der Waals surface area (Å²) in [5, 5.41) is 18.2. The van der Waals surface area contributed by atoms with Crippen molar-refractivity contribution in [1.29, 1.82) is 0 Å². The highest BCUT2D eigenvalue weighted by Gasteiger charge is 2.48. The van der Waals surface area contributed by atoms with E-state index in [1.807, 2.05) is 55.5 Å². The van der Waals surface area contributed by atoms with E-state index in [-0.39, 0.29) is 12.1 Å². The molecule has 4 aromatic rings. The molecule has 0 saturated heterocycles. The predicted molar refractivity (Wildman–Crippen MR) is 134 cm³/mol. The molecule has 0 fully saturated rings. The number of aliphatic imine (C=N–C) groups is 1. The van der Waals surface area contributed by atoms with Crippen LogP contribution in [0.15, 0.2) is 95.0 Å². The Bertz CT molecular complexity index is 1350. The van der Waals surface area contributed by atoms with Crippen molar-refractivity contribution in [2.45, 2.75) is 19.0 Å². The summed E-state index contributed by atoms with van der Waals surface area (Å²) in [6.45, 7) is 1.96. The van der Waals surface area contributed by atoms with Crippen molar-refractivity contribution < 1.29 is 0 Å². The van der Waals surface area contributed by atoms with Crippen LogP contribution in [0.5, 0.6) is 0 Å². The minimum atomic E-state index is -0.203. The van der Waals surface area contributed by atoms with Crippen LogP contribution >= 0.6 is 22.9 Å². The SMILES string of the molecule is Cc1nnc(N2C(c3ccccc3)=N[C@H]3C2=NN(c2ccccc2)[C@H]3c2ccc(Cl)cc2)s1. The fraction of sp³-hybridized carbons (Fsp3) is 0.120. The molecule has 6 rings (SSSR count). The molecule has 2 atom stereocenters. The van der Waals surface area contributed by atoms with E-state index in [4.69, 9.17) is 21.7 Å². The third-order valence-corrected chi connectivity index (χ3v) is 6.79. The summed E-state index contributed by atoms with van der Waals surface area (Å²) in [7, 11) is 0. The van der Waals surface area contributed by atoms with Gasteiger partial charge in [-0.05, 0) is 36.8 Å². The largest absolute Gasteiger partial charge is 0.254 e. The van der Waals surface area contributed by atoms with E-state index in [1.165, 1.54) is 11.3 Å². The van der Waals surface area contributed by atoms with Crippen molar-refractivity contribution in [3.05, 3.63) is 106 Å². The lowest BCUT2D eigenvalue weighted by molar-refractivity contribution is 0.645. The molecule has 2 aliphatic heterocycles. The summed E-state index contributed by atoms with van der Waals surface area (Å²) < 4.78 is 0. The summed E-state index contributed by atoms with van der Waals surface area (Å²) in [6, 6.07) is 28.0. The molecule has 0 bridgehead atoms. The van der Waals surface area contributed by atoms with Crippen molar-refractivity contribution >= 4 is 45.4 Å². The van der Waals surface area contributed by atoms with Crippen molar-refractivity contribution in [2.75, 3.05) is 9.91 Å². The van der Waals surface area contributed by atoms with E-state index in [2.05, 4.69) is 56.5 Å². The van der Waals surface area contributed by atoms with Crippen LogP contribution < -0.4 is 9.91 Å². The highest BCUT2D eigenvalue weighted by atomic mass is 35.5. The second-order valence-corrected chi connectivity index (χ2v) is 9.43. The lowest BCUT2D eigenvalue weighted by Gasteiger charge is -2.26. The van der Waals surface area contributed by atoms with Gasteiger partial charge in [0.25, 0.3) is 0 Å². The van der Waals surface area contributed by atoms with Crippen LogP contribution in [0.2, 0.25) is 5.02 Å². The fourth-order valence-electron chi connectivity index (χ4n) is 4.25. The van der Waals surface area contributed by atoms with Crippen LogP contribution in [0.1, 0.15) is 22.2 Å². The number of halogens is 1. The first-order valence-corrected chi connectivity index (χ1v) is 11.8. The molecule has 0 unspecified atom stereocenters. The summed E-state index contributed by atoms with van der Waals surface area (Å²) in [6.07, 6.45) is 0. The van der Waals surface area contributed by atoms with Crippen molar-refractivity contribution in [2.24, 2.45) is 10.1 Å². The quantitative estimate of drug-likeness (QED) is 0.383. The molecule has 0 N–H and O–H groups in total. The molecular weight excluding hydrogens is 452 g/mol. The number of fused-ring (bicyclic) bond motifs is 1. The Balaban J connectivity index is 1.52. The van der Waals surface area contributed by atoms with Crippen LogP contribution in [0.25, 0.3) is 0 Å². The molecule has 0 aliphatic carbocycles. The second-order valence-electron chi connectivity index (χ2n) is 7.84. The van der Waals surface area contributed by atoms with Crippen molar-refractivity contribution in [3.63, 3.8) is 0 Å². The number of aromatic nitrogens is 2. The molecular formula is C25H19ClN6S. The maximum absolute atomic E-state index is 6.20. The normalized spacial score (nSPS) is 19.5. The zero-order chi connectivity index (χ0) is 22.4. The van der Waals surface area contributed by atoms with E-state index in [9.17, 15) is 0 Å². The number of amidine groups is 2. The predicted octanol–water partition coefficient (Wildman–Crippen LogP) is 5.71. The molecule has 6 nitrogen and oxygen atoms in total. The Hall–Kier alpha value is -3.55. The van der Waals surface area contributed by atoms with Crippen molar-refractivity contribution in [1.82, 2.24) is 10.2 Å². The summed E-state index contributed by atoms with van der Waals surface area (Å²) in [4.78, 5) is 7.27. The number of hydrogen-bond acceptors (Lipinski definition) is 7. The fourth-order valence-corrected chi connectivity index (χ4v) is 5.07. The van der Waals surface area contributed by atoms with Crippen molar-refractivity contribution in [3.8, 4) is 0 Å². The van der Waals surface area contributed by atoms with Gasteiger partial charge in [-0.15, -0.1) is 10.2 Å². The number of aryl methyl sites for hydroxylation is 1. The Morgan fingerprint density at radius 3 is 2.21 bits per heavy atom. The molecule has 0 spiro atoms. The summed E-state index contributed by atoms with van der Waals surface area (Å²) in [5.41, 5.74) is 3.12. The number of hydrazone groups is 1.